The van der Waals surface area contributed by atoms with Gasteiger partial charge in [0.2, 0.25) is 0 Å². The fourth-order valence-electron chi connectivity index (χ4n) is 2.66. The summed E-state index contributed by atoms with van der Waals surface area (Å²) in [6.07, 6.45) is 5.08. The maximum absolute atomic E-state index is 13.5. The molecule has 4 heteroatoms. The molecule has 0 unspecified atom stereocenters. The molecule has 1 nitrogen and oxygen atoms in total. The van der Waals surface area contributed by atoms with Crippen molar-refractivity contribution in [2.45, 2.75) is 38.3 Å². The summed E-state index contributed by atoms with van der Waals surface area (Å²) in [5.41, 5.74) is 1.01. The molecule has 2 rings (SSSR count). The second-order valence-corrected chi connectivity index (χ2v) is 5.98. The Morgan fingerprint density at radius 3 is 2.72 bits per heavy atom. The number of nitrogens with zero attached hydrogens (tertiary/aromatic N) is 1. The van der Waals surface area contributed by atoms with E-state index in [2.05, 4.69) is 20.8 Å². The number of benzene rings is 1. The molecular formula is C14H18BrClFN. The van der Waals surface area contributed by atoms with Crippen LogP contribution in [0.4, 0.5) is 4.39 Å². The monoisotopic (exact) mass is 333 g/mol. The average Bonchev–Trinajstić information content (AvgIpc) is 2.88. The van der Waals surface area contributed by atoms with Crippen molar-refractivity contribution in [3.05, 3.63) is 34.1 Å². The summed E-state index contributed by atoms with van der Waals surface area (Å²) in [5.74, 6) is 0.438. The largest absolute Gasteiger partial charge is 0.295 e. The van der Waals surface area contributed by atoms with E-state index in [4.69, 9.17) is 11.6 Å². The van der Waals surface area contributed by atoms with Crippen LogP contribution in [-0.4, -0.2) is 23.4 Å². The van der Waals surface area contributed by atoms with Crippen LogP contribution >= 0.6 is 27.5 Å². The van der Waals surface area contributed by atoms with E-state index in [0.717, 1.165) is 18.7 Å². The number of alkyl halides is 1. The Bertz CT molecular complexity index is 393. The van der Waals surface area contributed by atoms with Crippen LogP contribution in [0.1, 0.15) is 31.2 Å². The Balaban J connectivity index is 2.10. The Hall–Kier alpha value is -0.120. The zero-order valence-electron chi connectivity index (χ0n) is 10.3. The van der Waals surface area contributed by atoms with E-state index >= 15 is 0 Å². The van der Waals surface area contributed by atoms with Crippen LogP contribution in [0.5, 0.6) is 0 Å². The Kier molecular flexibility index (Phi) is 5.46. The first-order valence-corrected chi connectivity index (χ1v) is 7.78. The van der Waals surface area contributed by atoms with Crippen LogP contribution in [0.25, 0.3) is 0 Å². The second kappa shape index (κ2) is 6.88. The Labute approximate surface area is 121 Å². The first-order chi connectivity index (χ1) is 8.72. The van der Waals surface area contributed by atoms with Gasteiger partial charge < -0.3 is 0 Å². The molecule has 1 aromatic rings. The molecule has 0 saturated heterocycles. The van der Waals surface area contributed by atoms with Crippen LogP contribution in [0, 0.1) is 5.82 Å². The van der Waals surface area contributed by atoms with Gasteiger partial charge in [0.1, 0.15) is 5.82 Å². The highest BCUT2D eigenvalue weighted by Crippen LogP contribution is 2.27. The third-order valence-corrected chi connectivity index (χ3v) is 4.67. The minimum Gasteiger partial charge on any atom is -0.295 e. The SMILES string of the molecule is Fc1cccc(CN(CCCl)C2CCCC2)c1Br. The summed E-state index contributed by atoms with van der Waals surface area (Å²) in [4.78, 5) is 2.39. The number of halogens is 3. The second-order valence-electron chi connectivity index (χ2n) is 4.81. The zero-order valence-corrected chi connectivity index (χ0v) is 12.7. The lowest BCUT2D eigenvalue weighted by atomic mass is 10.1. The van der Waals surface area contributed by atoms with Crippen LogP contribution < -0.4 is 0 Å². The van der Waals surface area contributed by atoms with Crippen molar-refractivity contribution in [1.82, 2.24) is 4.90 Å². The van der Waals surface area contributed by atoms with Gasteiger partial charge in [0, 0.05) is 25.0 Å². The molecule has 0 amide bonds. The van der Waals surface area contributed by atoms with Crippen LogP contribution in [0.15, 0.2) is 22.7 Å². The summed E-state index contributed by atoms with van der Waals surface area (Å²) in [7, 11) is 0. The predicted octanol–water partition coefficient (Wildman–Crippen LogP) is 4.57. The van der Waals surface area contributed by atoms with E-state index in [9.17, 15) is 4.39 Å². The first-order valence-electron chi connectivity index (χ1n) is 6.45. The minimum absolute atomic E-state index is 0.190. The molecule has 0 atom stereocenters. The molecule has 1 saturated carbocycles. The van der Waals surface area contributed by atoms with Gasteiger partial charge in [-0.05, 0) is 40.4 Å². The van der Waals surface area contributed by atoms with Crippen molar-refractivity contribution in [3.8, 4) is 0 Å². The molecule has 0 heterocycles. The minimum atomic E-state index is -0.190. The summed E-state index contributed by atoms with van der Waals surface area (Å²) < 4.78 is 14.1. The van der Waals surface area contributed by atoms with Gasteiger partial charge in [-0.15, -0.1) is 11.6 Å². The molecule has 1 aliphatic rings. The van der Waals surface area contributed by atoms with E-state index in [1.807, 2.05) is 6.07 Å². The summed E-state index contributed by atoms with van der Waals surface area (Å²) in [5, 5.41) is 0. The maximum atomic E-state index is 13.5. The summed E-state index contributed by atoms with van der Waals surface area (Å²) in [6.45, 7) is 1.64. The summed E-state index contributed by atoms with van der Waals surface area (Å²) >= 11 is 9.22. The lowest BCUT2D eigenvalue weighted by molar-refractivity contribution is 0.201. The molecule has 100 valence electrons. The smallest absolute Gasteiger partial charge is 0.137 e. The van der Waals surface area contributed by atoms with Crippen molar-refractivity contribution in [2.24, 2.45) is 0 Å². The van der Waals surface area contributed by atoms with Gasteiger partial charge in [-0.3, -0.25) is 4.90 Å². The van der Waals surface area contributed by atoms with E-state index in [1.165, 1.54) is 31.7 Å². The van der Waals surface area contributed by atoms with Gasteiger partial charge >= 0.3 is 0 Å². The van der Waals surface area contributed by atoms with Gasteiger partial charge in [0.15, 0.2) is 0 Å². The highest BCUT2D eigenvalue weighted by molar-refractivity contribution is 9.10. The number of hydrogen-bond acceptors (Lipinski definition) is 1. The van der Waals surface area contributed by atoms with Gasteiger partial charge in [-0.1, -0.05) is 25.0 Å². The van der Waals surface area contributed by atoms with E-state index in [1.54, 1.807) is 6.07 Å². The lowest BCUT2D eigenvalue weighted by Gasteiger charge is -2.28. The molecule has 0 aromatic heterocycles. The van der Waals surface area contributed by atoms with Crippen LogP contribution in [0.2, 0.25) is 0 Å². The maximum Gasteiger partial charge on any atom is 0.137 e. The van der Waals surface area contributed by atoms with Crippen molar-refractivity contribution < 1.29 is 4.39 Å². The van der Waals surface area contributed by atoms with Crippen molar-refractivity contribution >= 4 is 27.5 Å². The topological polar surface area (TPSA) is 3.24 Å². The molecule has 0 bridgehead atoms. The zero-order chi connectivity index (χ0) is 13.0. The number of rotatable bonds is 5. The summed E-state index contributed by atoms with van der Waals surface area (Å²) in [6, 6.07) is 5.83. The van der Waals surface area contributed by atoms with Gasteiger partial charge in [-0.2, -0.15) is 0 Å². The van der Waals surface area contributed by atoms with Crippen molar-refractivity contribution in [1.29, 1.82) is 0 Å². The standard InChI is InChI=1S/C14H18BrClFN/c15-14-11(4-3-7-13(14)17)10-18(9-8-16)12-5-1-2-6-12/h3-4,7,12H,1-2,5-6,8-10H2. The quantitative estimate of drug-likeness (QED) is 0.713. The van der Waals surface area contributed by atoms with Crippen molar-refractivity contribution in [3.63, 3.8) is 0 Å². The molecule has 0 aliphatic heterocycles. The van der Waals surface area contributed by atoms with Gasteiger partial charge in [-0.25, -0.2) is 4.39 Å². The highest BCUT2D eigenvalue weighted by Gasteiger charge is 2.23. The average molecular weight is 335 g/mol. The highest BCUT2D eigenvalue weighted by atomic mass is 79.9. The Morgan fingerprint density at radius 2 is 2.06 bits per heavy atom. The molecule has 0 N–H and O–H groups in total. The van der Waals surface area contributed by atoms with Crippen molar-refractivity contribution in [2.75, 3.05) is 12.4 Å². The molecule has 0 spiro atoms. The molecule has 18 heavy (non-hydrogen) atoms. The number of hydrogen-bond donors (Lipinski definition) is 0. The third kappa shape index (κ3) is 3.46. The van der Waals surface area contributed by atoms with Crippen LogP contribution in [0.3, 0.4) is 0 Å². The Morgan fingerprint density at radius 1 is 1.33 bits per heavy atom. The molecular weight excluding hydrogens is 317 g/mol. The van der Waals surface area contributed by atoms with E-state index < -0.39 is 0 Å². The molecule has 1 aromatic carbocycles. The van der Waals surface area contributed by atoms with Gasteiger partial charge in [0.05, 0.1) is 4.47 Å². The first kappa shape index (κ1) is 14.3. The van der Waals surface area contributed by atoms with Gasteiger partial charge in [0.25, 0.3) is 0 Å². The molecule has 1 fully saturated rings. The molecule has 1 aliphatic carbocycles. The lowest BCUT2D eigenvalue weighted by Crippen LogP contribution is -2.34. The van der Waals surface area contributed by atoms with E-state index in [-0.39, 0.29) is 5.82 Å². The normalized spacial score (nSPS) is 16.7. The predicted molar refractivity (Wildman–Crippen MR) is 77.5 cm³/mol. The molecule has 0 radical (unpaired) electrons. The third-order valence-electron chi connectivity index (χ3n) is 3.62. The van der Waals surface area contributed by atoms with E-state index in [0.29, 0.717) is 16.4 Å². The fourth-order valence-corrected chi connectivity index (χ4v) is 3.26. The van der Waals surface area contributed by atoms with Crippen LogP contribution in [-0.2, 0) is 6.54 Å². The fraction of sp³-hybridized carbons (Fsp3) is 0.571.